The second-order valence-electron chi connectivity index (χ2n) is 11.5. The Bertz CT molecular complexity index is 1470. The summed E-state index contributed by atoms with van der Waals surface area (Å²) in [6.45, 7) is 5.54. The van der Waals surface area contributed by atoms with Gasteiger partial charge in [-0.15, -0.1) is 0 Å². The summed E-state index contributed by atoms with van der Waals surface area (Å²) < 4.78 is 27.3. The van der Waals surface area contributed by atoms with Gasteiger partial charge in [-0.25, -0.2) is 8.42 Å². The maximum atomic E-state index is 14.3. The quantitative estimate of drug-likeness (QED) is 0.322. The predicted molar refractivity (Wildman–Crippen MR) is 169 cm³/mol. The molecule has 0 saturated heterocycles. The molecule has 1 atom stereocenters. The van der Waals surface area contributed by atoms with Crippen LogP contribution < -0.4 is 9.62 Å². The maximum absolute atomic E-state index is 14.3. The van der Waals surface area contributed by atoms with E-state index in [1.807, 2.05) is 81.4 Å². The van der Waals surface area contributed by atoms with Crippen LogP contribution in [0.3, 0.4) is 0 Å². The van der Waals surface area contributed by atoms with Crippen molar-refractivity contribution in [2.75, 3.05) is 17.1 Å². The zero-order valence-corrected chi connectivity index (χ0v) is 26.0. The van der Waals surface area contributed by atoms with Gasteiger partial charge in [-0.2, -0.15) is 0 Å². The summed E-state index contributed by atoms with van der Waals surface area (Å²) in [6, 6.07) is 22.2. The van der Waals surface area contributed by atoms with Gasteiger partial charge in [0, 0.05) is 19.0 Å². The fourth-order valence-corrected chi connectivity index (χ4v) is 6.49. The van der Waals surface area contributed by atoms with Gasteiger partial charge in [0.25, 0.3) is 0 Å². The number of carbonyl (C=O) groups excluding carboxylic acids is 2. The molecular formula is C34H43N3O4S. The maximum Gasteiger partial charge on any atom is 0.244 e. The Labute approximate surface area is 251 Å². The molecule has 1 N–H and O–H groups in total. The molecule has 4 rings (SSSR count). The minimum atomic E-state index is -3.81. The number of sulfonamides is 1. The standard InChI is InChI=1S/C34H43N3O4S/c1-25-18-20-29(21-19-25)23-36(33(38)24-37(42(4,40)41)31-17-11-12-26(2)27(31)3)32(22-28-13-7-5-8-14-28)34(39)35-30-15-9-6-10-16-30/h5,7-8,11-14,17-21,30,32H,6,9-10,15-16,22-24H2,1-4H3,(H,35,39). The summed E-state index contributed by atoms with van der Waals surface area (Å²) in [5, 5.41) is 3.24. The highest BCUT2D eigenvalue weighted by molar-refractivity contribution is 7.92. The summed E-state index contributed by atoms with van der Waals surface area (Å²) in [7, 11) is -3.81. The highest BCUT2D eigenvalue weighted by Gasteiger charge is 2.34. The first-order chi connectivity index (χ1) is 20.0. The van der Waals surface area contributed by atoms with Crippen LogP contribution in [0.4, 0.5) is 5.69 Å². The SMILES string of the molecule is Cc1ccc(CN(C(=O)CN(c2cccc(C)c2C)S(C)(=O)=O)C(Cc2ccccc2)C(=O)NC2CCCCC2)cc1. The molecule has 1 unspecified atom stereocenters. The van der Waals surface area contributed by atoms with Gasteiger partial charge >= 0.3 is 0 Å². The second-order valence-corrected chi connectivity index (χ2v) is 13.5. The van der Waals surface area contributed by atoms with Gasteiger partial charge in [0.15, 0.2) is 0 Å². The van der Waals surface area contributed by atoms with Crippen molar-refractivity contribution >= 4 is 27.5 Å². The van der Waals surface area contributed by atoms with Crippen LogP contribution in [0.15, 0.2) is 72.8 Å². The Morgan fingerprint density at radius 3 is 2.17 bits per heavy atom. The van der Waals surface area contributed by atoms with E-state index in [1.165, 1.54) is 4.31 Å². The van der Waals surface area contributed by atoms with E-state index < -0.39 is 28.5 Å². The number of hydrogen-bond donors (Lipinski definition) is 1. The molecule has 0 spiro atoms. The van der Waals surface area contributed by atoms with Gasteiger partial charge < -0.3 is 10.2 Å². The molecule has 42 heavy (non-hydrogen) atoms. The molecule has 1 aliphatic carbocycles. The van der Waals surface area contributed by atoms with Crippen LogP contribution >= 0.6 is 0 Å². The lowest BCUT2D eigenvalue weighted by molar-refractivity contribution is -0.140. The minimum absolute atomic E-state index is 0.0725. The van der Waals surface area contributed by atoms with Gasteiger partial charge in [0.05, 0.1) is 11.9 Å². The topological polar surface area (TPSA) is 86.8 Å². The number of rotatable bonds is 11. The Morgan fingerprint density at radius 1 is 0.857 bits per heavy atom. The van der Waals surface area contributed by atoms with E-state index in [1.54, 1.807) is 17.0 Å². The molecule has 0 aliphatic heterocycles. The molecule has 3 aromatic carbocycles. The first kappa shape index (κ1) is 31.3. The monoisotopic (exact) mass is 589 g/mol. The third-order valence-corrected chi connectivity index (χ3v) is 9.35. The number of hydrogen-bond acceptors (Lipinski definition) is 4. The van der Waals surface area contributed by atoms with E-state index in [0.29, 0.717) is 12.1 Å². The molecule has 0 bridgehead atoms. The molecule has 1 fully saturated rings. The number of nitrogens with one attached hydrogen (secondary N) is 1. The van der Waals surface area contributed by atoms with Crippen molar-refractivity contribution in [1.29, 1.82) is 0 Å². The van der Waals surface area contributed by atoms with Crippen molar-refractivity contribution in [3.8, 4) is 0 Å². The van der Waals surface area contributed by atoms with Crippen molar-refractivity contribution in [2.45, 2.75) is 77.9 Å². The Balaban J connectivity index is 1.73. The van der Waals surface area contributed by atoms with Gasteiger partial charge in [-0.1, -0.05) is 91.6 Å². The Morgan fingerprint density at radius 2 is 1.52 bits per heavy atom. The molecule has 0 aromatic heterocycles. The molecule has 1 saturated carbocycles. The molecule has 3 aromatic rings. The van der Waals surface area contributed by atoms with Gasteiger partial charge in [-0.3, -0.25) is 13.9 Å². The molecular weight excluding hydrogens is 546 g/mol. The van der Waals surface area contributed by atoms with Crippen molar-refractivity contribution in [1.82, 2.24) is 10.2 Å². The van der Waals surface area contributed by atoms with Crippen LogP contribution in [0.1, 0.15) is 59.9 Å². The molecule has 0 radical (unpaired) electrons. The molecule has 1 aliphatic rings. The zero-order valence-electron chi connectivity index (χ0n) is 25.2. The van der Waals surface area contributed by atoms with Crippen LogP contribution in [0.25, 0.3) is 0 Å². The lowest BCUT2D eigenvalue weighted by Gasteiger charge is -2.35. The first-order valence-electron chi connectivity index (χ1n) is 14.8. The number of anilines is 1. The second kappa shape index (κ2) is 14.0. The highest BCUT2D eigenvalue weighted by atomic mass is 32.2. The van der Waals surface area contributed by atoms with Crippen molar-refractivity contribution in [3.05, 3.63) is 101 Å². The Kier molecular flexibility index (Phi) is 10.4. The number of carbonyl (C=O) groups is 2. The molecule has 8 heteroatoms. The fourth-order valence-electron chi connectivity index (χ4n) is 5.59. The molecule has 224 valence electrons. The highest BCUT2D eigenvalue weighted by Crippen LogP contribution is 2.26. The molecule has 0 heterocycles. The van der Waals surface area contributed by atoms with E-state index in [2.05, 4.69) is 5.32 Å². The van der Waals surface area contributed by atoms with Crippen molar-refractivity contribution < 1.29 is 18.0 Å². The van der Waals surface area contributed by atoms with E-state index in [0.717, 1.165) is 66.2 Å². The summed E-state index contributed by atoms with van der Waals surface area (Å²) >= 11 is 0. The van der Waals surface area contributed by atoms with E-state index in [9.17, 15) is 18.0 Å². The van der Waals surface area contributed by atoms with Crippen LogP contribution in [-0.2, 0) is 32.6 Å². The largest absolute Gasteiger partial charge is 0.352 e. The van der Waals surface area contributed by atoms with E-state index >= 15 is 0 Å². The normalized spacial score (nSPS) is 14.7. The summed E-state index contributed by atoms with van der Waals surface area (Å²) in [6.07, 6.45) is 6.58. The lowest BCUT2D eigenvalue weighted by atomic mass is 9.94. The van der Waals surface area contributed by atoms with Crippen molar-refractivity contribution in [3.63, 3.8) is 0 Å². The van der Waals surface area contributed by atoms with Gasteiger partial charge in [-0.05, 0) is 61.9 Å². The zero-order chi connectivity index (χ0) is 30.3. The Hall–Kier alpha value is -3.65. The van der Waals surface area contributed by atoms with Crippen LogP contribution in [0, 0.1) is 20.8 Å². The third kappa shape index (κ3) is 8.22. The average molecular weight is 590 g/mol. The van der Waals surface area contributed by atoms with Gasteiger partial charge in [0.2, 0.25) is 21.8 Å². The van der Waals surface area contributed by atoms with E-state index in [4.69, 9.17) is 0 Å². The number of aryl methyl sites for hydroxylation is 2. The van der Waals surface area contributed by atoms with E-state index in [-0.39, 0.29) is 18.5 Å². The summed E-state index contributed by atoms with van der Waals surface area (Å²) in [5.41, 5.74) is 5.07. The third-order valence-electron chi connectivity index (χ3n) is 8.22. The first-order valence-corrected chi connectivity index (χ1v) is 16.6. The summed E-state index contributed by atoms with van der Waals surface area (Å²) in [4.78, 5) is 29.9. The number of nitrogens with zero attached hydrogens (tertiary/aromatic N) is 2. The molecule has 7 nitrogen and oxygen atoms in total. The number of benzene rings is 3. The lowest BCUT2D eigenvalue weighted by Crippen LogP contribution is -2.55. The van der Waals surface area contributed by atoms with Crippen molar-refractivity contribution in [2.24, 2.45) is 0 Å². The predicted octanol–water partition coefficient (Wildman–Crippen LogP) is 5.47. The minimum Gasteiger partial charge on any atom is -0.352 e. The average Bonchev–Trinajstić information content (AvgIpc) is 2.96. The van der Waals surface area contributed by atoms with Crippen LogP contribution in [0.2, 0.25) is 0 Å². The summed E-state index contributed by atoms with van der Waals surface area (Å²) in [5.74, 6) is -0.634. The number of amides is 2. The van der Waals surface area contributed by atoms with Crippen LogP contribution in [-0.4, -0.2) is 50.0 Å². The van der Waals surface area contributed by atoms with Crippen LogP contribution in [0.5, 0.6) is 0 Å². The fraction of sp³-hybridized carbons (Fsp3) is 0.412. The molecule has 2 amide bonds. The smallest absolute Gasteiger partial charge is 0.244 e. The van der Waals surface area contributed by atoms with Gasteiger partial charge in [0.1, 0.15) is 12.6 Å².